The summed E-state index contributed by atoms with van der Waals surface area (Å²) in [7, 11) is 0. The predicted molar refractivity (Wildman–Crippen MR) is 106 cm³/mol. The van der Waals surface area contributed by atoms with Gasteiger partial charge in [-0.2, -0.15) is 5.10 Å². The average molecular weight is 367 g/mol. The van der Waals surface area contributed by atoms with Gasteiger partial charge in [0.2, 0.25) is 0 Å². The lowest BCUT2D eigenvalue weighted by atomic mass is 10.1. The number of carbonyl (C=O) groups excluding carboxylic acids is 1. The zero-order valence-corrected chi connectivity index (χ0v) is 15.3. The maximum atomic E-state index is 12.2. The first-order chi connectivity index (χ1) is 12.5. The van der Waals surface area contributed by atoms with E-state index in [9.17, 15) is 4.79 Å². The highest BCUT2D eigenvalue weighted by molar-refractivity contribution is 6.30. The third-order valence-electron chi connectivity index (χ3n) is 4.01. The normalized spacial score (nSPS) is 12.3. The van der Waals surface area contributed by atoms with E-state index in [1.807, 2.05) is 49.4 Å². The molecule has 0 spiro atoms. The minimum atomic E-state index is -0.681. The van der Waals surface area contributed by atoms with Gasteiger partial charge in [-0.05, 0) is 48.4 Å². The van der Waals surface area contributed by atoms with Gasteiger partial charge in [0.25, 0.3) is 5.91 Å². The van der Waals surface area contributed by atoms with Gasteiger partial charge in [-0.3, -0.25) is 4.79 Å². The van der Waals surface area contributed by atoms with Crippen LogP contribution in [0.1, 0.15) is 18.1 Å². The van der Waals surface area contributed by atoms with Crippen LogP contribution in [0, 0.1) is 6.92 Å². The van der Waals surface area contributed by atoms with Gasteiger partial charge in [-0.1, -0.05) is 54.1 Å². The molecule has 0 fully saturated rings. The largest absolute Gasteiger partial charge is 0.481 e. The quantitative estimate of drug-likeness (QED) is 0.524. The van der Waals surface area contributed by atoms with Gasteiger partial charge in [0, 0.05) is 10.6 Å². The van der Waals surface area contributed by atoms with Crippen LogP contribution in [0.15, 0.2) is 65.8 Å². The molecule has 0 aliphatic rings. The zero-order valence-electron chi connectivity index (χ0n) is 14.6. The first-order valence-electron chi connectivity index (χ1n) is 8.28. The first-order valence-corrected chi connectivity index (χ1v) is 8.66. The van der Waals surface area contributed by atoms with Crippen LogP contribution in [0.5, 0.6) is 5.75 Å². The molecule has 0 saturated carbocycles. The van der Waals surface area contributed by atoms with Gasteiger partial charge in [-0.25, -0.2) is 5.43 Å². The van der Waals surface area contributed by atoms with E-state index in [1.165, 1.54) is 0 Å². The fraction of sp³-hybridized carbons (Fsp3) is 0.143. The lowest BCUT2D eigenvalue weighted by Gasteiger charge is -2.14. The number of ether oxygens (including phenoxy) is 1. The topological polar surface area (TPSA) is 50.7 Å². The Morgan fingerprint density at radius 2 is 1.92 bits per heavy atom. The fourth-order valence-corrected chi connectivity index (χ4v) is 2.84. The number of rotatable bonds is 5. The Morgan fingerprint density at radius 1 is 1.15 bits per heavy atom. The van der Waals surface area contributed by atoms with Crippen molar-refractivity contribution in [1.29, 1.82) is 0 Å². The van der Waals surface area contributed by atoms with Gasteiger partial charge >= 0.3 is 0 Å². The van der Waals surface area contributed by atoms with Crippen LogP contribution < -0.4 is 10.2 Å². The highest BCUT2D eigenvalue weighted by Crippen LogP contribution is 2.22. The monoisotopic (exact) mass is 366 g/mol. The summed E-state index contributed by atoms with van der Waals surface area (Å²) in [5, 5.41) is 6.90. The molecule has 0 heterocycles. The van der Waals surface area contributed by atoms with Gasteiger partial charge < -0.3 is 4.74 Å². The van der Waals surface area contributed by atoms with Crippen molar-refractivity contribution in [2.75, 3.05) is 0 Å². The Bertz CT molecular complexity index is 964. The fourth-order valence-electron chi connectivity index (χ4n) is 2.61. The summed E-state index contributed by atoms with van der Waals surface area (Å²) >= 11 is 5.93. The summed E-state index contributed by atoms with van der Waals surface area (Å²) < 4.78 is 5.69. The third-order valence-corrected chi connectivity index (χ3v) is 4.25. The second-order valence-electron chi connectivity index (χ2n) is 5.97. The van der Waals surface area contributed by atoms with Crippen LogP contribution in [0.4, 0.5) is 0 Å². The third kappa shape index (κ3) is 4.21. The molecule has 5 heteroatoms. The molecule has 0 aromatic heterocycles. The van der Waals surface area contributed by atoms with E-state index in [2.05, 4.69) is 10.5 Å². The lowest BCUT2D eigenvalue weighted by Crippen LogP contribution is -2.33. The van der Waals surface area contributed by atoms with Gasteiger partial charge in [-0.15, -0.1) is 0 Å². The van der Waals surface area contributed by atoms with Crippen LogP contribution in [-0.2, 0) is 4.79 Å². The number of carbonyl (C=O) groups is 1. The molecule has 1 amide bonds. The Morgan fingerprint density at radius 3 is 2.73 bits per heavy atom. The summed E-state index contributed by atoms with van der Waals surface area (Å²) in [6, 6.07) is 19.2. The van der Waals surface area contributed by atoms with Crippen molar-refractivity contribution < 1.29 is 9.53 Å². The predicted octanol–water partition coefficient (Wildman–Crippen LogP) is 4.72. The summed E-state index contributed by atoms with van der Waals surface area (Å²) in [5.41, 5.74) is 4.33. The van der Waals surface area contributed by atoms with E-state index in [0.717, 1.165) is 21.9 Å². The molecule has 0 saturated heterocycles. The van der Waals surface area contributed by atoms with Crippen LogP contribution in [0.3, 0.4) is 0 Å². The highest BCUT2D eigenvalue weighted by Gasteiger charge is 2.15. The molecule has 3 aromatic carbocycles. The molecule has 1 N–H and O–H groups in total. The molecule has 132 valence electrons. The molecule has 3 rings (SSSR count). The summed E-state index contributed by atoms with van der Waals surface area (Å²) in [6.45, 7) is 3.56. The molecular weight excluding hydrogens is 348 g/mol. The number of nitrogens with zero attached hydrogens (tertiary/aromatic N) is 1. The molecule has 3 aromatic rings. The number of hydrogen-bond donors (Lipinski definition) is 1. The van der Waals surface area contributed by atoms with Crippen LogP contribution in [-0.4, -0.2) is 18.2 Å². The summed E-state index contributed by atoms with van der Waals surface area (Å²) in [6.07, 6.45) is 0.958. The maximum absolute atomic E-state index is 12.2. The number of benzene rings is 3. The van der Waals surface area contributed by atoms with Crippen LogP contribution in [0.25, 0.3) is 10.8 Å². The zero-order chi connectivity index (χ0) is 18.5. The van der Waals surface area contributed by atoms with Gasteiger partial charge in [0.15, 0.2) is 6.10 Å². The average Bonchev–Trinajstić information content (AvgIpc) is 2.64. The smallest absolute Gasteiger partial charge is 0.280 e. The van der Waals surface area contributed by atoms with Crippen LogP contribution >= 0.6 is 11.6 Å². The van der Waals surface area contributed by atoms with Crippen molar-refractivity contribution in [3.8, 4) is 5.75 Å². The maximum Gasteiger partial charge on any atom is 0.280 e. The van der Waals surface area contributed by atoms with E-state index in [-0.39, 0.29) is 5.91 Å². The Hall–Kier alpha value is -2.85. The minimum Gasteiger partial charge on any atom is -0.481 e. The molecule has 0 aliphatic heterocycles. The van der Waals surface area contributed by atoms with E-state index in [4.69, 9.17) is 16.3 Å². The number of hydrazone groups is 1. The molecule has 4 nitrogen and oxygen atoms in total. The second kappa shape index (κ2) is 8.02. The molecular formula is C21H19ClN2O2. The number of nitrogens with one attached hydrogen (secondary N) is 1. The van der Waals surface area contributed by atoms with Crippen molar-refractivity contribution in [2.45, 2.75) is 20.0 Å². The lowest BCUT2D eigenvalue weighted by molar-refractivity contribution is -0.127. The number of aryl methyl sites for hydroxylation is 1. The van der Waals surface area contributed by atoms with Gasteiger partial charge in [0.1, 0.15) is 5.75 Å². The van der Waals surface area contributed by atoms with E-state index in [0.29, 0.717) is 10.8 Å². The SMILES string of the molecule is Cc1cc(Cl)ccc1OC(C)C(=O)N/N=C/c1cccc2ccccc12. The van der Waals surface area contributed by atoms with Crippen molar-refractivity contribution in [3.63, 3.8) is 0 Å². The molecule has 0 radical (unpaired) electrons. The molecule has 26 heavy (non-hydrogen) atoms. The van der Waals surface area contributed by atoms with Crippen molar-refractivity contribution in [3.05, 3.63) is 76.8 Å². The van der Waals surface area contributed by atoms with E-state index < -0.39 is 6.10 Å². The number of amides is 1. The first kappa shape index (κ1) is 18.0. The minimum absolute atomic E-state index is 0.323. The van der Waals surface area contributed by atoms with Crippen LogP contribution in [0.2, 0.25) is 5.02 Å². The number of fused-ring (bicyclic) bond motifs is 1. The van der Waals surface area contributed by atoms with Gasteiger partial charge in [0.05, 0.1) is 6.21 Å². The molecule has 0 bridgehead atoms. The van der Waals surface area contributed by atoms with Crippen molar-refractivity contribution in [1.82, 2.24) is 5.43 Å². The molecule has 1 atom stereocenters. The Balaban J connectivity index is 1.65. The Kier molecular flexibility index (Phi) is 5.54. The number of halogens is 1. The van der Waals surface area contributed by atoms with Crippen molar-refractivity contribution >= 4 is 34.5 Å². The second-order valence-corrected chi connectivity index (χ2v) is 6.41. The summed E-state index contributed by atoms with van der Waals surface area (Å²) in [4.78, 5) is 12.2. The highest BCUT2D eigenvalue weighted by atomic mass is 35.5. The van der Waals surface area contributed by atoms with Crippen molar-refractivity contribution in [2.24, 2.45) is 5.10 Å². The van der Waals surface area contributed by atoms with E-state index >= 15 is 0 Å². The Labute approximate surface area is 157 Å². The molecule has 1 unspecified atom stereocenters. The standard InChI is InChI=1S/C21H19ClN2O2/c1-14-12-18(22)10-11-20(14)26-15(2)21(25)24-23-13-17-8-5-7-16-6-3-4-9-19(16)17/h3-13,15H,1-2H3,(H,24,25)/b23-13+. The summed E-state index contributed by atoms with van der Waals surface area (Å²) in [5.74, 6) is 0.297. The number of hydrogen-bond acceptors (Lipinski definition) is 3. The van der Waals surface area contributed by atoms with E-state index in [1.54, 1.807) is 31.3 Å². The molecule has 0 aliphatic carbocycles.